The van der Waals surface area contributed by atoms with Crippen molar-refractivity contribution in [3.63, 3.8) is 0 Å². The van der Waals surface area contributed by atoms with Gasteiger partial charge in [-0.05, 0) is 18.1 Å². The fraction of sp³-hybridized carbons (Fsp3) is 0.308. The highest BCUT2D eigenvalue weighted by Gasteiger charge is 2.12. The van der Waals surface area contributed by atoms with Crippen LogP contribution in [0.2, 0.25) is 5.02 Å². The van der Waals surface area contributed by atoms with Gasteiger partial charge in [0.25, 0.3) is 0 Å². The molecule has 1 aromatic carbocycles. The van der Waals surface area contributed by atoms with Crippen LogP contribution in [0.5, 0.6) is 5.75 Å². The van der Waals surface area contributed by atoms with Gasteiger partial charge in [-0.1, -0.05) is 37.1 Å². The third kappa shape index (κ3) is 3.49. The summed E-state index contributed by atoms with van der Waals surface area (Å²) in [6.45, 7) is 1.99. The van der Waals surface area contributed by atoms with Crippen LogP contribution >= 0.6 is 11.6 Å². The van der Waals surface area contributed by atoms with Gasteiger partial charge < -0.3 is 9.84 Å². The van der Waals surface area contributed by atoms with Crippen LogP contribution in [0.3, 0.4) is 0 Å². The molecule has 0 aliphatic rings. The van der Waals surface area contributed by atoms with E-state index in [1.165, 1.54) is 13.2 Å². The van der Waals surface area contributed by atoms with Crippen molar-refractivity contribution in [2.75, 3.05) is 7.11 Å². The molecule has 0 saturated heterocycles. The van der Waals surface area contributed by atoms with Crippen molar-refractivity contribution < 1.29 is 14.6 Å². The molecule has 92 valence electrons. The predicted octanol–water partition coefficient (Wildman–Crippen LogP) is 3.62. The molecule has 0 fully saturated rings. The highest BCUT2D eigenvalue weighted by molar-refractivity contribution is 6.32. The second-order valence-corrected chi connectivity index (χ2v) is 3.99. The summed E-state index contributed by atoms with van der Waals surface area (Å²) in [6, 6.07) is 5.31. The Kier molecular flexibility index (Phi) is 5.04. The van der Waals surface area contributed by atoms with Crippen molar-refractivity contribution in [2.45, 2.75) is 19.8 Å². The summed E-state index contributed by atoms with van der Waals surface area (Å²) in [6.07, 6.45) is 2.73. The smallest absolute Gasteiger partial charge is 0.328 e. The maximum atomic E-state index is 10.8. The number of aliphatic carboxylic acids is 1. The third-order valence-electron chi connectivity index (χ3n) is 2.33. The van der Waals surface area contributed by atoms with Crippen LogP contribution in [-0.2, 0) is 4.79 Å². The van der Waals surface area contributed by atoms with Gasteiger partial charge in [0.15, 0.2) is 0 Å². The quantitative estimate of drug-likeness (QED) is 0.817. The molecule has 3 nitrogen and oxygen atoms in total. The SMILES string of the molecule is CCC/C(=C\C(=O)O)c1cccc(Cl)c1OC. The summed E-state index contributed by atoms with van der Waals surface area (Å²) in [4.78, 5) is 10.8. The Bertz CT molecular complexity index is 438. The van der Waals surface area contributed by atoms with Crippen molar-refractivity contribution in [1.82, 2.24) is 0 Å². The molecule has 1 aromatic rings. The number of halogens is 1. The molecule has 0 bridgehead atoms. The number of hydrogen-bond acceptors (Lipinski definition) is 2. The van der Waals surface area contributed by atoms with E-state index >= 15 is 0 Å². The molecule has 4 heteroatoms. The Labute approximate surface area is 106 Å². The number of allylic oxidation sites excluding steroid dienone is 1. The van der Waals surface area contributed by atoms with Crippen LogP contribution in [0.15, 0.2) is 24.3 Å². The lowest BCUT2D eigenvalue weighted by Gasteiger charge is -2.12. The van der Waals surface area contributed by atoms with Crippen LogP contribution in [0, 0.1) is 0 Å². The zero-order chi connectivity index (χ0) is 12.8. The summed E-state index contributed by atoms with van der Waals surface area (Å²) >= 11 is 6.01. The summed E-state index contributed by atoms with van der Waals surface area (Å²) in [5.41, 5.74) is 1.46. The number of carbonyl (C=O) groups is 1. The molecule has 1 rings (SSSR count). The number of hydrogen-bond donors (Lipinski definition) is 1. The van der Waals surface area contributed by atoms with E-state index < -0.39 is 5.97 Å². The molecule has 0 unspecified atom stereocenters. The minimum Gasteiger partial charge on any atom is -0.495 e. The number of carboxylic acid groups (broad SMARTS) is 1. The Morgan fingerprint density at radius 2 is 2.24 bits per heavy atom. The maximum absolute atomic E-state index is 10.8. The van der Waals surface area contributed by atoms with Crippen molar-refractivity contribution in [3.05, 3.63) is 34.9 Å². The Balaban J connectivity index is 3.27. The van der Waals surface area contributed by atoms with Gasteiger partial charge in [0.05, 0.1) is 12.1 Å². The van der Waals surface area contributed by atoms with Crippen LogP contribution in [-0.4, -0.2) is 18.2 Å². The zero-order valence-electron chi connectivity index (χ0n) is 9.87. The average molecular weight is 255 g/mol. The van der Waals surface area contributed by atoms with Crippen LogP contribution in [0.4, 0.5) is 0 Å². The fourth-order valence-electron chi connectivity index (χ4n) is 1.67. The molecule has 0 spiro atoms. The highest BCUT2D eigenvalue weighted by Crippen LogP contribution is 2.34. The molecule has 0 aliphatic heterocycles. The van der Waals surface area contributed by atoms with Gasteiger partial charge in [0.2, 0.25) is 0 Å². The van der Waals surface area contributed by atoms with E-state index in [4.69, 9.17) is 21.4 Å². The Hall–Kier alpha value is -1.48. The molecule has 1 N–H and O–H groups in total. The first kappa shape index (κ1) is 13.6. The van der Waals surface area contributed by atoms with E-state index in [0.29, 0.717) is 17.2 Å². The summed E-state index contributed by atoms with van der Waals surface area (Å²) < 4.78 is 5.22. The van der Waals surface area contributed by atoms with Gasteiger partial charge in [0, 0.05) is 11.6 Å². The number of benzene rings is 1. The maximum Gasteiger partial charge on any atom is 0.328 e. The molecule has 0 aromatic heterocycles. The van der Waals surface area contributed by atoms with E-state index in [1.807, 2.05) is 13.0 Å². The van der Waals surface area contributed by atoms with E-state index in [2.05, 4.69) is 0 Å². The molecule has 0 saturated carbocycles. The van der Waals surface area contributed by atoms with Gasteiger partial charge in [-0.3, -0.25) is 0 Å². The predicted molar refractivity (Wildman–Crippen MR) is 68.5 cm³/mol. The second-order valence-electron chi connectivity index (χ2n) is 3.58. The largest absolute Gasteiger partial charge is 0.495 e. The number of para-hydroxylation sites is 1. The molecule has 0 atom stereocenters. The Morgan fingerprint density at radius 3 is 2.76 bits per heavy atom. The van der Waals surface area contributed by atoms with Crippen LogP contribution in [0.25, 0.3) is 5.57 Å². The van der Waals surface area contributed by atoms with Gasteiger partial charge in [0.1, 0.15) is 5.75 Å². The van der Waals surface area contributed by atoms with Gasteiger partial charge >= 0.3 is 5.97 Å². The summed E-state index contributed by atoms with van der Waals surface area (Å²) in [5.74, 6) is -0.439. The first-order chi connectivity index (χ1) is 8.10. The number of rotatable bonds is 5. The lowest BCUT2D eigenvalue weighted by molar-refractivity contribution is -0.131. The Morgan fingerprint density at radius 1 is 1.53 bits per heavy atom. The van der Waals surface area contributed by atoms with Crippen molar-refractivity contribution in [1.29, 1.82) is 0 Å². The van der Waals surface area contributed by atoms with E-state index in [9.17, 15) is 4.79 Å². The topological polar surface area (TPSA) is 46.5 Å². The van der Waals surface area contributed by atoms with E-state index in [1.54, 1.807) is 12.1 Å². The standard InChI is InChI=1S/C13H15ClO3/c1-3-5-9(8-12(15)16)10-6-4-7-11(14)13(10)17-2/h4,6-8H,3,5H2,1-2H3,(H,15,16)/b9-8+. The molecule has 0 radical (unpaired) electrons. The first-order valence-electron chi connectivity index (χ1n) is 5.36. The monoisotopic (exact) mass is 254 g/mol. The summed E-state index contributed by atoms with van der Waals surface area (Å²) in [5, 5.41) is 9.34. The first-order valence-corrected chi connectivity index (χ1v) is 5.74. The van der Waals surface area contributed by atoms with Crippen molar-refractivity contribution >= 4 is 23.1 Å². The summed E-state index contributed by atoms with van der Waals surface area (Å²) in [7, 11) is 1.52. The van der Waals surface area contributed by atoms with Crippen LogP contribution in [0.1, 0.15) is 25.3 Å². The van der Waals surface area contributed by atoms with Gasteiger partial charge in [-0.15, -0.1) is 0 Å². The van der Waals surface area contributed by atoms with E-state index in [0.717, 1.165) is 17.6 Å². The van der Waals surface area contributed by atoms with Gasteiger partial charge in [-0.25, -0.2) is 4.79 Å². The normalized spacial score (nSPS) is 11.4. The molecule has 0 amide bonds. The second kappa shape index (κ2) is 6.30. The minimum absolute atomic E-state index is 0.484. The van der Waals surface area contributed by atoms with E-state index in [-0.39, 0.29) is 0 Å². The number of carboxylic acids is 1. The number of ether oxygens (including phenoxy) is 1. The molecular formula is C13H15ClO3. The highest BCUT2D eigenvalue weighted by atomic mass is 35.5. The minimum atomic E-state index is -0.963. The zero-order valence-corrected chi connectivity index (χ0v) is 10.6. The molecule has 0 aliphatic carbocycles. The average Bonchev–Trinajstić information content (AvgIpc) is 2.27. The number of methoxy groups -OCH3 is 1. The van der Waals surface area contributed by atoms with Crippen LogP contribution < -0.4 is 4.74 Å². The van der Waals surface area contributed by atoms with Crippen molar-refractivity contribution in [3.8, 4) is 5.75 Å². The van der Waals surface area contributed by atoms with Crippen molar-refractivity contribution in [2.24, 2.45) is 0 Å². The lowest BCUT2D eigenvalue weighted by Crippen LogP contribution is -1.96. The fourth-order valence-corrected chi connectivity index (χ4v) is 1.92. The molecule has 17 heavy (non-hydrogen) atoms. The van der Waals surface area contributed by atoms with Gasteiger partial charge in [-0.2, -0.15) is 0 Å². The molecular weight excluding hydrogens is 240 g/mol. The molecule has 0 heterocycles. The lowest BCUT2D eigenvalue weighted by atomic mass is 10.00. The third-order valence-corrected chi connectivity index (χ3v) is 2.63.